The van der Waals surface area contributed by atoms with Gasteiger partial charge in [0.1, 0.15) is 0 Å². The Balaban J connectivity index is 0.000000583. The summed E-state index contributed by atoms with van der Waals surface area (Å²) >= 11 is 0. The van der Waals surface area contributed by atoms with Crippen molar-refractivity contribution in [2.75, 3.05) is 0 Å². The van der Waals surface area contributed by atoms with Gasteiger partial charge in [-0.25, -0.2) is 0 Å². The molecule has 0 fully saturated rings. The van der Waals surface area contributed by atoms with Crippen LogP contribution >= 0.6 is 0 Å². The number of rotatable bonds is 4. The maximum Gasteiger partial charge on any atom is -0.0279 e. The summed E-state index contributed by atoms with van der Waals surface area (Å²) in [5.74, 6) is 0.841. The molecule has 0 bridgehead atoms. The highest BCUT2D eigenvalue weighted by atomic mass is 14.0. The lowest BCUT2D eigenvalue weighted by Gasteiger charge is -2.03. The quantitative estimate of drug-likeness (QED) is 0.644. The van der Waals surface area contributed by atoms with E-state index in [0.29, 0.717) is 0 Å². The van der Waals surface area contributed by atoms with Crippen molar-refractivity contribution in [1.29, 1.82) is 0 Å². The van der Waals surface area contributed by atoms with Crippen LogP contribution in [0.5, 0.6) is 0 Å². The van der Waals surface area contributed by atoms with E-state index in [9.17, 15) is 0 Å². The number of hydrogen-bond donors (Lipinski definition) is 0. The largest absolute Gasteiger partial charge is 0.0656 e. The molecule has 0 unspecified atom stereocenters. The summed E-state index contributed by atoms with van der Waals surface area (Å²) in [5, 5.41) is 0. The number of aryl methyl sites for hydroxylation is 1. The Morgan fingerprint density at radius 3 is 2.00 bits per heavy atom. The van der Waals surface area contributed by atoms with Gasteiger partial charge in [-0.3, -0.25) is 0 Å². The monoisotopic (exact) mass is 206 g/mol. The van der Waals surface area contributed by atoms with Crippen LogP contribution in [-0.4, -0.2) is 0 Å². The minimum Gasteiger partial charge on any atom is -0.0656 e. The van der Waals surface area contributed by atoms with Crippen LogP contribution in [0.25, 0.3) is 0 Å². The molecule has 0 aliphatic rings. The maximum atomic E-state index is 2.28. The minimum absolute atomic E-state index is 0.841. The Labute approximate surface area is 95.7 Å². The van der Waals surface area contributed by atoms with E-state index >= 15 is 0 Å². The molecule has 0 aliphatic carbocycles. The van der Waals surface area contributed by atoms with Crippen LogP contribution in [-0.2, 0) is 6.42 Å². The van der Waals surface area contributed by atoms with Gasteiger partial charge in [0.05, 0.1) is 0 Å². The van der Waals surface area contributed by atoms with Gasteiger partial charge < -0.3 is 0 Å². The first kappa shape index (κ1) is 14.2. The number of hydrogen-bond acceptors (Lipinski definition) is 0. The SMILES string of the molecule is CC(C)CCCc1ccccc1.CCC. The lowest BCUT2D eigenvalue weighted by molar-refractivity contribution is 0.556. The van der Waals surface area contributed by atoms with E-state index < -0.39 is 0 Å². The third-order valence-corrected chi connectivity index (χ3v) is 2.09. The molecule has 0 heterocycles. The summed E-state index contributed by atoms with van der Waals surface area (Å²) in [5.41, 5.74) is 1.47. The molecule has 0 aliphatic heterocycles. The zero-order valence-electron chi connectivity index (χ0n) is 10.8. The Hall–Kier alpha value is -0.780. The molecular formula is C15H26. The molecule has 86 valence electrons. The van der Waals surface area contributed by atoms with E-state index in [1.807, 2.05) is 0 Å². The molecule has 0 spiro atoms. The van der Waals surface area contributed by atoms with E-state index in [-0.39, 0.29) is 0 Å². The summed E-state index contributed by atoms with van der Waals surface area (Å²) in [6.07, 6.45) is 5.15. The zero-order valence-corrected chi connectivity index (χ0v) is 10.8. The van der Waals surface area contributed by atoms with Gasteiger partial charge in [0.2, 0.25) is 0 Å². The molecule has 0 saturated carbocycles. The third-order valence-electron chi connectivity index (χ3n) is 2.09. The van der Waals surface area contributed by atoms with Gasteiger partial charge in [-0.15, -0.1) is 0 Å². The van der Waals surface area contributed by atoms with Crippen molar-refractivity contribution >= 4 is 0 Å². The average Bonchev–Trinajstić information content (AvgIpc) is 2.20. The van der Waals surface area contributed by atoms with Crippen LogP contribution < -0.4 is 0 Å². The molecule has 1 aromatic carbocycles. The molecule has 0 nitrogen and oxygen atoms in total. The number of benzene rings is 1. The lowest BCUT2D eigenvalue weighted by Crippen LogP contribution is -1.90. The molecule has 0 saturated heterocycles. The first-order chi connectivity index (χ1) is 7.20. The van der Waals surface area contributed by atoms with Gasteiger partial charge in [-0.1, -0.05) is 70.9 Å². The van der Waals surface area contributed by atoms with Gasteiger partial charge in [0.25, 0.3) is 0 Å². The predicted octanol–water partition coefficient (Wildman–Crippen LogP) is 5.08. The normalized spacial score (nSPS) is 9.67. The average molecular weight is 206 g/mol. The van der Waals surface area contributed by atoms with E-state index in [0.717, 1.165) is 5.92 Å². The fourth-order valence-electron chi connectivity index (χ4n) is 1.36. The fourth-order valence-corrected chi connectivity index (χ4v) is 1.36. The summed E-state index contributed by atoms with van der Waals surface area (Å²) in [4.78, 5) is 0. The Morgan fingerprint density at radius 1 is 1.00 bits per heavy atom. The van der Waals surface area contributed by atoms with E-state index in [1.54, 1.807) is 0 Å². The van der Waals surface area contributed by atoms with Gasteiger partial charge in [0, 0.05) is 0 Å². The smallest absolute Gasteiger partial charge is 0.0279 e. The van der Waals surface area contributed by atoms with Crippen molar-refractivity contribution in [3.05, 3.63) is 35.9 Å². The molecule has 15 heavy (non-hydrogen) atoms. The predicted molar refractivity (Wildman–Crippen MR) is 70.2 cm³/mol. The zero-order chi connectivity index (χ0) is 11.5. The van der Waals surface area contributed by atoms with Gasteiger partial charge >= 0.3 is 0 Å². The van der Waals surface area contributed by atoms with Crippen LogP contribution in [0.2, 0.25) is 0 Å². The van der Waals surface area contributed by atoms with Gasteiger partial charge in [0.15, 0.2) is 0 Å². The minimum atomic E-state index is 0.841. The standard InChI is InChI=1S/C12H18.C3H8/c1-11(2)7-6-10-12-8-4-3-5-9-12;1-3-2/h3-5,8-9,11H,6-7,10H2,1-2H3;3H2,1-2H3. The molecular weight excluding hydrogens is 180 g/mol. The summed E-state index contributed by atoms with van der Waals surface area (Å²) < 4.78 is 0. The summed E-state index contributed by atoms with van der Waals surface area (Å²) in [7, 11) is 0. The highest BCUT2D eigenvalue weighted by Gasteiger charge is 1.94. The molecule has 1 aromatic rings. The van der Waals surface area contributed by atoms with Crippen molar-refractivity contribution in [3.63, 3.8) is 0 Å². The molecule has 0 aromatic heterocycles. The molecule has 0 radical (unpaired) electrons. The Kier molecular flexibility index (Phi) is 9.26. The molecule has 0 N–H and O–H groups in total. The van der Waals surface area contributed by atoms with Crippen molar-refractivity contribution in [1.82, 2.24) is 0 Å². The van der Waals surface area contributed by atoms with Crippen LogP contribution in [0, 0.1) is 5.92 Å². The highest BCUT2D eigenvalue weighted by Crippen LogP contribution is 2.09. The van der Waals surface area contributed by atoms with E-state index in [1.165, 1.54) is 31.2 Å². The van der Waals surface area contributed by atoms with Crippen molar-refractivity contribution in [2.24, 2.45) is 5.92 Å². The lowest BCUT2D eigenvalue weighted by atomic mass is 10.0. The van der Waals surface area contributed by atoms with Gasteiger partial charge in [-0.2, -0.15) is 0 Å². The first-order valence-corrected chi connectivity index (χ1v) is 6.24. The van der Waals surface area contributed by atoms with Crippen LogP contribution in [0.4, 0.5) is 0 Å². The molecule has 0 amide bonds. The molecule has 1 rings (SSSR count). The van der Waals surface area contributed by atoms with Crippen LogP contribution in [0.3, 0.4) is 0 Å². The third kappa shape index (κ3) is 9.52. The molecule has 0 heteroatoms. The second-order valence-electron chi connectivity index (χ2n) is 4.48. The van der Waals surface area contributed by atoms with E-state index in [2.05, 4.69) is 58.0 Å². The Bertz CT molecular complexity index is 211. The first-order valence-electron chi connectivity index (χ1n) is 6.24. The Morgan fingerprint density at radius 2 is 1.53 bits per heavy atom. The molecule has 0 atom stereocenters. The maximum absolute atomic E-state index is 2.28. The van der Waals surface area contributed by atoms with Gasteiger partial charge in [-0.05, 0) is 24.3 Å². The summed E-state index contributed by atoms with van der Waals surface area (Å²) in [6, 6.07) is 10.7. The summed E-state index contributed by atoms with van der Waals surface area (Å²) in [6.45, 7) is 8.82. The second kappa shape index (κ2) is 9.76. The highest BCUT2D eigenvalue weighted by molar-refractivity contribution is 5.14. The van der Waals surface area contributed by atoms with E-state index in [4.69, 9.17) is 0 Å². The van der Waals surface area contributed by atoms with Crippen molar-refractivity contribution in [3.8, 4) is 0 Å². The van der Waals surface area contributed by atoms with Crippen LogP contribution in [0.15, 0.2) is 30.3 Å². The fraction of sp³-hybridized carbons (Fsp3) is 0.600. The van der Waals surface area contributed by atoms with Crippen molar-refractivity contribution < 1.29 is 0 Å². The second-order valence-corrected chi connectivity index (χ2v) is 4.48. The topological polar surface area (TPSA) is 0 Å². The van der Waals surface area contributed by atoms with Crippen molar-refractivity contribution in [2.45, 2.75) is 53.4 Å². The van der Waals surface area contributed by atoms with Crippen LogP contribution in [0.1, 0.15) is 52.5 Å².